The summed E-state index contributed by atoms with van der Waals surface area (Å²) in [6.07, 6.45) is 4.84. The molecule has 0 amide bonds. The van der Waals surface area contributed by atoms with Gasteiger partial charge in [0, 0.05) is 11.1 Å². The Balaban J connectivity index is 2.00. The van der Waals surface area contributed by atoms with E-state index in [1.54, 1.807) is 12.1 Å². The molecule has 0 bridgehead atoms. The van der Waals surface area contributed by atoms with Crippen LogP contribution in [0.5, 0.6) is 0 Å². The van der Waals surface area contributed by atoms with E-state index in [-0.39, 0.29) is 0 Å². The molecule has 1 aromatic carbocycles. The Kier molecular flexibility index (Phi) is 5.15. The lowest BCUT2D eigenvalue weighted by molar-refractivity contribution is 0.173. The fourth-order valence-electron chi connectivity index (χ4n) is 2.99. The van der Waals surface area contributed by atoms with E-state index in [0.717, 1.165) is 24.4 Å². The van der Waals surface area contributed by atoms with Crippen molar-refractivity contribution in [2.24, 2.45) is 11.3 Å². The monoisotopic (exact) mass is 333 g/mol. The van der Waals surface area contributed by atoms with Gasteiger partial charge in [-0.1, -0.05) is 55.6 Å². The summed E-state index contributed by atoms with van der Waals surface area (Å²) in [4.78, 5) is 0. The van der Waals surface area contributed by atoms with Gasteiger partial charge in [-0.2, -0.15) is 0 Å². The first-order valence-corrected chi connectivity index (χ1v) is 8.32. The fourth-order valence-corrected chi connectivity index (χ4v) is 3.91. The molecule has 1 fully saturated rings. The molecule has 4 heteroatoms. The van der Waals surface area contributed by atoms with Crippen molar-refractivity contribution < 1.29 is 0 Å². The number of hydrogen-bond donors (Lipinski definition) is 1. The zero-order valence-corrected chi connectivity index (χ0v) is 14.5. The van der Waals surface area contributed by atoms with E-state index in [0.29, 0.717) is 26.5 Å². The molecule has 0 spiro atoms. The van der Waals surface area contributed by atoms with Crippen LogP contribution in [0.3, 0.4) is 0 Å². The maximum Gasteiger partial charge on any atom is 0.0722 e. The van der Waals surface area contributed by atoms with E-state index in [2.05, 4.69) is 26.1 Å². The van der Waals surface area contributed by atoms with Crippen LogP contribution in [0.1, 0.15) is 46.5 Å². The highest BCUT2D eigenvalue weighted by Gasteiger charge is 2.30. The summed E-state index contributed by atoms with van der Waals surface area (Å²) < 4.78 is 0. The molecule has 1 aliphatic rings. The summed E-state index contributed by atoms with van der Waals surface area (Å²) in [5.41, 5.74) is 1.22. The first-order valence-electron chi connectivity index (χ1n) is 7.18. The molecule has 0 unspecified atom stereocenters. The van der Waals surface area contributed by atoms with Crippen molar-refractivity contribution in [2.45, 2.75) is 52.5 Å². The van der Waals surface area contributed by atoms with E-state index < -0.39 is 0 Å². The lowest BCUT2D eigenvalue weighted by Crippen LogP contribution is -2.31. The Bertz CT molecular complexity index is 448. The van der Waals surface area contributed by atoms with Gasteiger partial charge in [-0.05, 0) is 49.1 Å². The SMILES string of the molecule is CC(C)(C)C1CCC(Nc2c(Cl)cc(Cl)cc2Cl)CC1. The Morgan fingerprint density at radius 3 is 1.90 bits per heavy atom. The van der Waals surface area contributed by atoms with Crippen molar-refractivity contribution in [3.8, 4) is 0 Å². The molecule has 1 nitrogen and oxygen atoms in total. The van der Waals surface area contributed by atoms with Crippen molar-refractivity contribution in [3.05, 3.63) is 27.2 Å². The Labute approximate surface area is 137 Å². The molecule has 1 aromatic rings. The van der Waals surface area contributed by atoms with Crippen molar-refractivity contribution in [3.63, 3.8) is 0 Å². The second kappa shape index (κ2) is 6.34. The highest BCUT2D eigenvalue weighted by Crippen LogP contribution is 2.40. The second-order valence-electron chi connectivity index (χ2n) is 6.80. The normalized spacial score (nSPS) is 23.7. The average molecular weight is 335 g/mol. The Morgan fingerprint density at radius 2 is 1.45 bits per heavy atom. The first-order chi connectivity index (χ1) is 9.27. The van der Waals surface area contributed by atoms with E-state index in [1.807, 2.05) is 0 Å². The molecular formula is C16H22Cl3N. The lowest BCUT2D eigenvalue weighted by atomic mass is 9.71. The van der Waals surface area contributed by atoms with E-state index in [9.17, 15) is 0 Å². The third kappa shape index (κ3) is 3.96. The van der Waals surface area contributed by atoms with Crippen LogP contribution < -0.4 is 5.32 Å². The van der Waals surface area contributed by atoms with Crippen molar-refractivity contribution in [2.75, 3.05) is 5.32 Å². The first kappa shape index (κ1) is 16.3. The number of nitrogens with one attached hydrogen (secondary N) is 1. The summed E-state index contributed by atoms with van der Waals surface area (Å²) in [5, 5.41) is 5.26. The Hall–Kier alpha value is -0.110. The topological polar surface area (TPSA) is 12.0 Å². The van der Waals surface area contributed by atoms with Crippen LogP contribution in [-0.4, -0.2) is 6.04 Å². The lowest BCUT2D eigenvalue weighted by Gasteiger charge is -2.37. The highest BCUT2D eigenvalue weighted by atomic mass is 35.5. The summed E-state index contributed by atoms with van der Waals surface area (Å²) in [6, 6.07) is 3.92. The largest absolute Gasteiger partial charge is 0.380 e. The van der Waals surface area contributed by atoms with Crippen LogP contribution in [0, 0.1) is 11.3 Å². The van der Waals surface area contributed by atoms with Gasteiger partial charge >= 0.3 is 0 Å². The van der Waals surface area contributed by atoms with Crippen molar-refractivity contribution in [1.82, 2.24) is 0 Å². The molecule has 1 aliphatic carbocycles. The number of rotatable bonds is 2. The van der Waals surface area contributed by atoms with Crippen LogP contribution in [0.4, 0.5) is 5.69 Å². The van der Waals surface area contributed by atoms with Crippen LogP contribution in [0.2, 0.25) is 15.1 Å². The van der Waals surface area contributed by atoms with E-state index >= 15 is 0 Å². The minimum atomic E-state index is 0.403. The van der Waals surface area contributed by atoms with Gasteiger partial charge in [0.1, 0.15) is 0 Å². The molecule has 0 aliphatic heterocycles. The predicted octanol–water partition coefficient (Wildman–Crippen LogP) is 6.66. The summed E-state index contributed by atoms with van der Waals surface area (Å²) in [5.74, 6) is 0.803. The third-order valence-corrected chi connectivity index (χ3v) is 5.12. The number of halogens is 3. The third-order valence-electron chi connectivity index (χ3n) is 4.31. The molecule has 0 radical (unpaired) electrons. The molecular weight excluding hydrogens is 313 g/mol. The minimum Gasteiger partial charge on any atom is -0.380 e. The number of anilines is 1. The molecule has 20 heavy (non-hydrogen) atoms. The van der Waals surface area contributed by atoms with Crippen LogP contribution in [0.25, 0.3) is 0 Å². The molecule has 1 N–H and O–H groups in total. The molecule has 112 valence electrons. The van der Waals surface area contributed by atoms with Gasteiger partial charge in [-0.15, -0.1) is 0 Å². The van der Waals surface area contributed by atoms with Gasteiger partial charge in [-0.3, -0.25) is 0 Å². The standard InChI is InChI=1S/C16H22Cl3N/c1-16(2,3)10-4-6-12(7-5-10)20-15-13(18)8-11(17)9-14(15)19/h8-10,12,20H,4-7H2,1-3H3. The molecule has 0 heterocycles. The fraction of sp³-hybridized carbons (Fsp3) is 0.625. The zero-order chi connectivity index (χ0) is 14.9. The summed E-state index contributed by atoms with van der Waals surface area (Å²) >= 11 is 18.4. The molecule has 0 saturated heterocycles. The molecule has 1 saturated carbocycles. The second-order valence-corrected chi connectivity index (χ2v) is 8.05. The van der Waals surface area contributed by atoms with E-state index in [1.165, 1.54) is 12.8 Å². The number of hydrogen-bond acceptors (Lipinski definition) is 1. The minimum absolute atomic E-state index is 0.403. The summed E-state index contributed by atoms with van der Waals surface area (Å²) in [6.45, 7) is 7.00. The van der Waals surface area contributed by atoms with Crippen molar-refractivity contribution >= 4 is 40.5 Å². The van der Waals surface area contributed by atoms with Crippen LogP contribution in [-0.2, 0) is 0 Å². The molecule has 0 atom stereocenters. The van der Waals surface area contributed by atoms with Gasteiger partial charge in [0.25, 0.3) is 0 Å². The van der Waals surface area contributed by atoms with Crippen LogP contribution >= 0.6 is 34.8 Å². The maximum absolute atomic E-state index is 6.22. The Morgan fingerprint density at radius 1 is 0.950 bits per heavy atom. The number of benzene rings is 1. The van der Waals surface area contributed by atoms with Crippen LogP contribution in [0.15, 0.2) is 12.1 Å². The zero-order valence-electron chi connectivity index (χ0n) is 12.3. The average Bonchev–Trinajstić information content (AvgIpc) is 2.33. The van der Waals surface area contributed by atoms with Gasteiger partial charge in [-0.25, -0.2) is 0 Å². The van der Waals surface area contributed by atoms with Gasteiger partial charge in [0.15, 0.2) is 0 Å². The highest BCUT2D eigenvalue weighted by molar-refractivity contribution is 6.41. The van der Waals surface area contributed by atoms with Gasteiger partial charge in [0.05, 0.1) is 15.7 Å². The maximum atomic E-state index is 6.22. The summed E-state index contributed by atoms with van der Waals surface area (Å²) in [7, 11) is 0. The quantitative estimate of drug-likeness (QED) is 0.637. The van der Waals surface area contributed by atoms with Gasteiger partial charge < -0.3 is 5.32 Å². The van der Waals surface area contributed by atoms with E-state index in [4.69, 9.17) is 34.8 Å². The predicted molar refractivity (Wildman–Crippen MR) is 90.3 cm³/mol. The molecule has 2 rings (SSSR count). The smallest absolute Gasteiger partial charge is 0.0722 e. The van der Waals surface area contributed by atoms with Gasteiger partial charge in [0.2, 0.25) is 0 Å². The van der Waals surface area contributed by atoms with Crippen molar-refractivity contribution in [1.29, 1.82) is 0 Å². The molecule has 0 aromatic heterocycles.